The van der Waals surface area contributed by atoms with Gasteiger partial charge in [-0.2, -0.15) is 0 Å². The summed E-state index contributed by atoms with van der Waals surface area (Å²) in [6.45, 7) is 7.26. The highest BCUT2D eigenvalue weighted by Gasteiger charge is 2.41. The van der Waals surface area contributed by atoms with Crippen molar-refractivity contribution in [3.05, 3.63) is 35.9 Å². The van der Waals surface area contributed by atoms with Crippen LogP contribution in [0.25, 0.3) is 0 Å². The Balaban J connectivity index is 2.19. The molecule has 1 fully saturated rings. The van der Waals surface area contributed by atoms with Gasteiger partial charge < -0.3 is 4.65 Å². The third-order valence-corrected chi connectivity index (χ3v) is 3.75. The molecule has 0 N–H and O–H groups in total. The minimum absolute atomic E-state index is 0.297. The van der Waals surface area contributed by atoms with Gasteiger partial charge in [0.15, 0.2) is 0 Å². The first-order valence-electron chi connectivity index (χ1n) is 5.94. The molecular formula is C13H19BO. The molecule has 0 bridgehead atoms. The van der Waals surface area contributed by atoms with Crippen LogP contribution in [0.4, 0.5) is 0 Å². The van der Waals surface area contributed by atoms with Crippen LogP contribution in [-0.4, -0.2) is 6.92 Å². The minimum atomic E-state index is 0.297. The molecule has 0 aliphatic carbocycles. The van der Waals surface area contributed by atoms with Gasteiger partial charge in [-0.05, 0) is 23.6 Å². The Morgan fingerprint density at radius 1 is 1.20 bits per heavy atom. The summed E-state index contributed by atoms with van der Waals surface area (Å²) in [5.41, 5.74) is 1.33. The van der Waals surface area contributed by atoms with Gasteiger partial charge in [0.25, 0.3) is 6.92 Å². The Bertz CT molecular complexity index is 312. The summed E-state index contributed by atoms with van der Waals surface area (Å²) < 4.78 is 6.12. The summed E-state index contributed by atoms with van der Waals surface area (Å²) >= 11 is 0. The monoisotopic (exact) mass is 202 g/mol. The van der Waals surface area contributed by atoms with Crippen LogP contribution in [0.2, 0.25) is 12.1 Å². The van der Waals surface area contributed by atoms with Crippen LogP contribution in [0.1, 0.15) is 32.4 Å². The number of rotatable bonds is 2. The van der Waals surface area contributed by atoms with Gasteiger partial charge >= 0.3 is 0 Å². The number of hydrogen-bond donors (Lipinski definition) is 0. The highest BCUT2D eigenvalue weighted by molar-refractivity contribution is 6.54. The molecule has 3 atom stereocenters. The Morgan fingerprint density at radius 3 is 2.40 bits per heavy atom. The van der Waals surface area contributed by atoms with Crippen LogP contribution in [0.5, 0.6) is 0 Å². The van der Waals surface area contributed by atoms with E-state index in [1.165, 1.54) is 5.56 Å². The van der Waals surface area contributed by atoms with Gasteiger partial charge in [-0.1, -0.05) is 51.1 Å². The number of hydrogen-bond acceptors (Lipinski definition) is 1. The maximum absolute atomic E-state index is 6.12. The molecule has 0 radical (unpaired) electrons. The lowest BCUT2D eigenvalue weighted by Gasteiger charge is -2.17. The minimum Gasteiger partial charge on any atom is -0.429 e. The standard InChI is InChI=1S/C13H19BO/c1-4-14-11(3)10(2)13(15-14)12-8-6-5-7-9-12/h5-11,13H,4H2,1-3H3. The Labute approximate surface area is 93.0 Å². The average Bonchev–Trinajstić information content (AvgIpc) is 2.57. The molecule has 0 saturated carbocycles. The highest BCUT2D eigenvalue weighted by atomic mass is 16.5. The smallest absolute Gasteiger partial charge is 0.296 e. The maximum Gasteiger partial charge on any atom is 0.296 e. The quantitative estimate of drug-likeness (QED) is 0.663. The van der Waals surface area contributed by atoms with E-state index in [-0.39, 0.29) is 0 Å². The second kappa shape index (κ2) is 4.40. The predicted octanol–water partition coefficient (Wildman–Crippen LogP) is 3.80. The highest BCUT2D eigenvalue weighted by Crippen LogP contribution is 2.44. The van der Waals surface area contributed by atoms with Crippen molar-refractivity contribution in [3.63, 3.8) is 0 Å². The lowest BCUT2D eigenvalue weighted by Crippen LogP contribution is -2.14. The summed E-state index contributed by atoms with van der Waals surface area (Å²) in [5.74, 6) is 1.29. The molecule has 2 heteroatoms. The Morgan fingerprint density at radius 2 is 1.87 bits per heavy atom. The summed E-state index contributed by atoms with van der Waals surface area (Å²) in [4.78, 5) is 0. The molecule has 1 saturated heterocycles. The van der Waals surface area contributed by atoms with Crippen molar-refractivity contribution >= 4 is 6.92 Å². The van der Waals surface area contributed by atoms with Gasteiger partial charge in [-0.3, -0.25) is 0 Å². The zero-order valence-electron chi connectivity index (χ0n) is 9.81. The van der Waals surface area contributed by atoms with Gasteiger partial charge in [0.05, 0.1) is 6.10 Å². The van der Waals surface area contributed by atoms with Crippen molar-refractivity contribution in [2.45, 2.75) is 39.0 Å². The van der Waals surface area contributed by atoms with Crippen molar-refractivity contribution in [1.29, 1.82) is 0 Å². The second-order valence-corrected chi connectivity index (χ2v) is 4.63. The van der Waals surface area contributed by atoms with Crippen molar-refractivity contribution in [2.75, 3.05) is 0 Å². The fourth-order valence-electron chi connectivity index (χ4n) is 2.54. The van der Waals surface area contributed by atoms with Gasteiger partial charge in [0, 0.05) is 0 Å². The summed E-state index contributed by atoms with van der Waals surface area (Å²) in [6, 6.07) is 10.6. The van der Waals surface area contributed by atoms with Crippen LogP contribution in [0.15, 0.2) is 30.3 Å². The van der Waals surface area contributed by atoms with E-state index in [0.717, 1.165) is 6.32 Å². The molecule has 2 rings (SSSR count). The maximum atomic E-state index is 6.12. The molecule has 1 aromatic rings. The fourth-order valence-corrected chi connectivity index (χ4v) is 2.54. The first-order chi connectivity index (χ1) is 7.24. The van der Waals surface area contributed by atoms with E-state index >= 15 is 0 Å². The van der Waals surface area contributed by atoms with Gasteiger partial charge in [0.1, 0.15) is 0 Å². The van der Waals surface area contributed by atoms with Crippen molar-refractivity contribution < 1.29 is 4.65 Å². The third kappa shape index (κ3) is 1.96. The SMILES string of the molecule is CCB1OC(c2ccccc2)C(C)C1C. The van der Waals surface area contributed by atoms with Gasteiger partial charge in [-0.25, -0.2) is 0 Å². The van der Waals surface area contributed by atoms with E-state index in [4.69, 9.17) is 4.65 Å². The molecule has 80 valence electrons. The molecule has 15 heavy (non-hydrogen) atoms. The lowest BCUT2D eigenvalue weighted by atomic mass is 9.53. The van der Waals surface area contributed by atoms with E-state index in [0.29, 0.717) is 24.8 Å². The van der Waals surface area contributed by atoms with Crippen molar-refractivity contribution in [1.82, 2.24) is 0 Å². The summed E-state index contributed by atoms with van der Waals surface area (Å²) in [5, 5.41) is 0. The first-order valence-corrected chi connectivity index (χ1v) is 5.94. The van der Waals surface area contributed by atoms with E-state index in [1.807, 2.05) is 0 Å². The normalized spacial score (nSPS) is 30.9. The number of benzene rings is 1. The molecule has 3 unspecified atom stereocenters. The van der Waals surface area contributed by atoms with Crippen molar-refractivity contribution in [3.8, 4) is 0 Å². The van der Waals surface area contributed by atoms with Crippen LogP contribution >= 0.6 is 0 Å². The Kier molecular flexibility index (Phi) is 3.15. The molecule has 1 aliphatic heterocycles. The van der Waals surface area contributed by atoms with Gasteiger partial charge in [-0.15, -0.1) is 0 Å². The second-order valence-electron chi connectivity index (χ2n) is 4.63. The van der Waals surface area contributed by atoms with Crippen LogP contribution < -0.4 is 0 Å². The zero-order chi connectivity index (χ0) is 10.8. The summed E-state index contributed by atoms with van der Waals surface area (Å²) in [7, 11) is 0. The largest absolute Gasteiger partial charge is 0.429 e. The van der Waals surface area contributed by atoms with E-state index in [9.17, 15) is 0 Å². The third-order valence-electron chi connectivity index (χ3n) is 3.75. The molecule has 1 nitrogen and oxygen atoms in total. The fraction of sp³-hybridized carbons (Fsp3) is 0.538. The first kappa shape index (κ1) is 10.8. The van der Waals surface area contributed by atoms with E-state index in [2.05, 4.69) is 51.1 Å². The summed E-state index contributed by atoms with van der Waals surface area (Å²) in [6.07, 6.45) is 1.42. The topological polar surface area (TPSA) is 9.23 Å². The molecular weight excluding hydrogens is 183 g/mol. The van der Waals surface area contributed by atoms with Crippen LogP contribution in [0, 0.1) is 5.92 Å². The predicted molar refractivity (Wildman–Crippen MR) is 65.1 cm³/mol. The molecule has 1 heterocycles. The lowest BCUT2D eigenvalue weighted by molar-refractivity contribution is 0.191. The average molecular weight is 202 g/mol. The van der Waals surface area contributed by atoms with Gasteiger partial charge in [0.2, 0.25) is 0 Å². The molecule has 1 aromatic carbocycles. The van der Waals surface area contributed by atoms with Crippen molar-refractivity contribution in [2.24, 2.45) is 5.92 Å². The van der Waals surface area contributed by atoms with E-state index < -0.39 is 0 Å². The zero-order valence-corrected chi connectivity index (χ0v) is 9.81. The molecule has 0 spiro atoms. The molecule has 0 amide bonds. The van der Waals surface area contributed by atoms with Crippen LogP contribution in [0.3, 0.4) is 0 Å². The van der Waals surface area contributed by atoms with E-state index in [1.54, 1.807) is 0 Å². The van der Waals surface area contributed by atoms with Crippen LogP contribution in [-0.2, 0) is 4.65 Å². The molecule has 0 aromatic heterocycles. The molecule has 1 aliphatic rings. The Hall–Kier alpha value is -0.755.